The van der Waals surface area contributed by atoms with E-state index in [1.54, 1.807) is 6.20 Å². The number of benzene rings is 1. The van der Waals surface area contributed by atoms with Crippen molar-refractivity contribution < 1.29 is 13.7 Å². The molecular formula is C18H14ClN5O3S. The number of nitrogens with zero attached hydrogens (tertiary/aromatic N) is 4. The molecule has 0 spiro atoms. The number of aromatic nitrogens is 3. The van der Waals surface area contributed by atoms with Crippen LogP contribution in [0, 0.1) is 0 Å². The van der Waals surface area contributed by atoms with Crippen LogP contribution in [0.5, 0.6) is 5.75 Å². The van der Waals surface area contributed by atoms with Gasteiger partial charge in [-0.15, -0.1) is 0 Å². The molecule has 0 saturated heterocycles. The fraction of sp³-hybridized carbons (Fsp3) is 0.167. The van der Waals surface area contributed by atoms with Gasteiger partial charge in [0.1, 0.15) is 6.61 Å². The molecule has 0 saturated carbocycles. The van der Waals surface area contributed by atoms with E-state index in [1.807, 2.05) is 31.3 Å². The summed E-state index contributed by atoms with van der Waals surface area (Å²) < 4.78 is 21.6. The lowest BCUT2D eigenvalue weighted by Crippen LogP contribution is -2.29. The van der Waals surface area contributed by atoms with Gasteiger partial charge in [-0.1, -0.05) is 17.7 Å². The van der Waals surface area contributed by atoms with Crippen LogP contribution in [0.3, 0.4) is 0 Å². The first-order valence-electron chi connectivity index (χ1n) is 8.48. The lowest BCUT2D eigenvalue weighted by molar-refractivity contribution is -0.114. The molecule has 1 N–H and O–H groups in total. The van der Waals surface area contributed by atoms with Crippen LogP contribution in [-0.4, -0.2) is 45.1 Å². The maximum Gasteiger partial charge on any atom is 0.258 e. The van der Waals surface area contributed by atoms with E-state index in [0.717, 1.165) is 29.2 Å². The van der Waals surface area contributed by atoms with Crippen LogP contribution in [0.25, 0.3) is 27.1 Å². The lowest BCUT2D eigenvalue weighted by atomic mass is 10.1. The predicted octanol–water partition coefficient (Wildman–Crippen LogP) is 2.17. The number of hydrogen-bond donors (Lipinski definition) is 1. The molecule has 28 heavy (non-hydrogen) atoms. The van der Waals surface area contributed by atoms with Crippen molar-refractivity contribution in [2.45, 2.75) is 0 Å². The van der Waals surface area contributed by atoms with Gasteiger partial charge in [-0.25, -0.2) is 13.9 Å². The largest absolute Gasteiger partial charge is 0.488 e. The number of ether oxygens (including phenoxy) is 1. The minimum Gasteiger partial charge on any atom is -0.488 e. The van der Waals surface area contributed by atoms with Crippen molar-refractivity contribution in [3.05, 3.63) is 41.7 Å². The third-order valence-corrected chi connectivity index (χ3v) is 6.03. The van der Waals surface area contributed by atoms with Gasteiger partial charge in [0, 0.05) is 30.3 Å². The third-order valence-electron chi connectivity index (χ3n) is 4.69. The van der Waals surface area contributed by atoms with Gasteiger partial charge in [0.25, 0.3) is 5.91 Å². The van der Waals surface area contributed by atoms with Gasteiger partial charge >= 0.3 is 0 Å². The summed E-state index contributed by atoms with van der Waals surface area (Å²) in [6.07, 6.45) is 3.05. The van der Waals surface area contributed by atoms with Crippen LogP contribution < -0.4 is 14.4 Å². The Morgan fingerprint density at radius 1 is 1.29 bits per heavy atom. The molecule has 1 amide bonds. The molecule has 0 aliphatic carbocycles. The van der Waals surface area contributed by atoms with Crippen molar-refractivity contribution in [1.29, 1.82) is 0 Å². The highest BCUT2D eigenvalue weighted by Gasteiger charge is 2.25. The van der Waals surface area contributed by atoms with E-state index < -0.39 is 16.9 Å². The van der Waals surface area contributed by atoms with E-state index in [9.17, 15) is 9.00 Å². The van der Waals surface area contributed by atoms with Gasteiger partial charge in [0.05, 0.1) is 12.1 Å². The van der Waals surface area contributed by atoms with E-state index in [0.29, 0.717) is 17.5 Å². The van der Waals surface area contributed by atoms with E-state index in [2.05, 4.69) is 19.7 Å². The molecule has 0 bridgehead atoms. The van der Waals surface area contributed by atoms with Crippen molar-refractivity contribution >= 4 is 50.2 Å². The number of likely N-dealkylation sites (N-methyl/N-ethyl adjacent to an activating group) is 1. The van der Waals surface area contributed by atoms with E-state index in [1.165, 1.54) is 10.8 Å². The summed E-state index contributed by atoms with van der Waals surface area (Å²) >= 11 is 6.32. The number of rotatable bonds is 2. The Bertz CT molecular complexity index is 1210. The minimum absolute atomic E-state index is 0.251. The molecular weight excluding hydrogens is 402 g/mol. The zero-order valence-corrected chi connectivity index (χ0v) is 16.3. The number of carbonyl (C=O) groups excluding carboxylic acids is 1. The van der Waals surface area contributed by atoms with Gasteiger partial charge < -0.3 is 9.64 Å². The number of fused-ring (bicyclic) bond motifs is 2. The number of pyridine rings is 1. The van der Waals surface area contributed by atoms with Crippen LogP contribution in [0.2, 0.25) is 5.15 Å². The van der Waals surface area contributed by atoms with Crippen molar-refractivity contribution in [2.24, 2.45) is 0 Å². The summed E-state index contributed by atoms with van der Waals surface area (Å²) in [5.74, 6) is 1.13. The molecule has 3 aromatic rings. The second-order valence-electron chi connectivity index (χ2n) is 6.47. The highest BCUT2D eigenvalue weighted by molar-refractivity contribution is 7.93. The molecule has 0 radical (unpaired) electrons. The van der Waals surface area contributed by atoms with Gasteiger partial charge in [-0.2, -0.15) is 5.10 Å². The van der Waals surface area contributed by atoms with Crippen LogP contribution in [0.15, 0.2) is 36.5 Å². The molecule has 8 nitrogen and oxygen atoms in total. The smallest absolute Gasteiger partial charge is 0.258 e. The number of hydrogen-bond acceptors (Lipinski definition) is 6. The Labute approximate surface area is 167 Å². The normalized spacial score (nSPS) is 18.6. The summed E-state index contributed by atoms with van der Waals surface area (Å²) in [5.41, 5.74) is 2.45. The molecule has 142 valence electrons. The highest BCUT2D eigenvalue weighted by Crippen LogP contribution is 2.35. The van der Waals surface area contributed by atoms with Crippen molar-refractivity contribution in [2.75, 3.05) is 25.1 Å². The second-order valence-corrected chi connectivity index (χ2v) is 7.99. The topological polar surface area (TPSA) is 89.4 Å². The number of nitrogens with one attached hydrogen (secondary N) is 1. The number of halogens is 1. The van der Waals surface area contributed by atoms with Crippen LogP contribution in [0.4, 0.5) is 5.82 Å². The van der Waals surface area contributed by atoms with Crippen LogP contribution in [-0.2, 0) is 15.8 Å². The molecule has 5 rings (SSSR count). The fourth-order valence-electron chi connectivity index (χ4n) is 3.29. The summed E-state index contributed by atoms with van der Waals surface area (Å²) in [5, 5.41) is 5.45. The average Bonchev–Trinajstić information content (AvgIpc) is 3.19. The first-order chi connectivity index (χ1) is 13.5. The third kappa shape index (κ3) is 2.66. The van der Waals surface area contributed by atoms with Crippen LogP contribution in [0.1, 0.15) is 0 Å². The molecule has 2 aliphatic heterocycles. The molecule has 10 heteroatoms. The molecule has 2 aromatic heterocycles. The maximum atomic E-state index is 12.1. The van der Waals surface area contributed by atoms with Gasteiger partial charge in [0.2, 0.25) is 0 Å². The highest BCUT2D eigenvalue weighted by atomic mass is 35.5. The average molecular weight is 416 g/mol. The summed E-state index contributed by atoms with van der Waals surface area (Å²) in [6.45, 7) is 1.42. The predicted molar refractivity (Wildman–Crippen MR) is 107 cm³/mol. The van der Waals surface area contributed by atoms with E-state index in [4.69, 9.17) is 16.3 Å². The molecule has 0 fully saturated rings. The van der Waals surface area contributed by atoms with Gasteiger partial charge in [-0.05, 0) is 23.8 Å². The minimum atomic E-state index is -1.66. The number of anilines is 1. The monoisotopic (exact) mass is 415 g/mol. The lowest BCUT2D eigenvalue weighted by Gasteiger charge is -2.26. The second kappa shape index (κ2) is 6.32. The van der Waals surface area contributed by atoms with E-state index in [-0.39, 0.29) is 10.2 Å². The van der Waals surface area contributed by atoms with Crippen LogP contribution >= 0.6 is 11.6 Å². The van der Waals surface area contributed by atoms with Gasteiger partial charge in [-0.3, -0.25) is 9.52 Å². The quantitative estimate of drug-likeness (QED) is 0.690. The molecule has 1 unspecified atom stereocenters. The summed E-state index contributed by atoms with van der Waals surface area (Å²) in [6, 6.07) is 7.58. The fourth-order valence-corrected chi connectivity index (χ4v) is 4.38. The Balaban J connectivity index is 1.60. The van der Waals surface area contributed by atoms with Crippen molar-refractivity contribution in [3.63, 3.8) is 0 Å². The molecule has 2 aliphatic rings. The Kier molecular flexibility index (Phi) is 3.88. The first kappa shape index (κ1) is 17.2. The maximum absolute atomic E-state index is 12.1. The van der Waals surface area contributed by atoms with Crippen molar-refractivity contribution in [1.82, 2.24) is 19.5 Å². The first-order valence-corrected chi connectivity index (χ1v) is 10.0. The Morgan fingerprint density at radius 2 is 2.14 bits per heavy atom. The zero-order chi connectivity index (χ0) is 19.4. The Morgan fingerprint density at radius 3 is 2.93 bits per heavy atom. The summed E-state index contributed by atoms with van der Waals surface area (Å²) in [4.78, 5) is 18.1. The number of carbonyl (C=O) groups is 1. The van der Waals surface area contributed by atoms with E-state index >= 15 is 0 Å². The molecule has 1 atom stereocenters. The summed E-state index contributed by atoms with van der Waals surface area (Å²) in [7, 11) is 0.323. The zero-order valence-electron chi connectivity index (χ0n) is 14.7. The molecule has 4 heterocycles. The number of amides is 1. The molecule has 1 aromatic carbocycles. The Hall–Kier alpha value is -2.91. The SMILES string of the molecule is CN1CCOc2cc(-c3ccc4c(c3)c(Cl)nn4C3=CC(=O)NS3=O)cnc21. The van der Waals surface area contributed by atoms with Gasteiger partial charge in [0.15, 0.2) is 32.7 Å². The standard InChI is InChI=1S/C18H14ClN5O3S/c1-23-4-5-27-14-7-11(9-20-18(14)23)10-2-3-13-12(6-10)17(19)21-24(13)16-8-15(25)22-28(16)26/h2-3,6-9H,4-5H2,1H3,(H,22,25). The van der Waals surface area contributed by atoms with Crippen molar-refractivity contribution in [3.8, 4) is 16.9 Å².